The monoisotopic (exact) mass is 195 g/mol. The highest BCUT2D eigenvalue weighted by atomic mass is 16.5. The number of hydrogen-bond donors (Lipinski definition) is 2. The summed E-state index contributed by atoms with van der Waals surface area (Å²) in [6, 6.07) is 7.71. The molecule has 0 bridgehead atoms. The molecule has 0 heterocycles. The first-order chi connectivity index (χ1) is 6.72. The first-order valence-electron chi connectivity index (χ1n) is 4.87. The van der Waals surface area contributed by atoms with Crippen LogP contribution >= 0.6 is 0 Å². The Labute approximate surface area is 84.7 Å². The third-order valence-corrected chi connectivity index (χ3v) is 1.75. The van der Waals surface area contributed by atoms with Crippen molar-refractivity contribution in [3.63, 3.8) is 0 Å². The van der Waals surface area contributed by atoms with Gasteiger partial charge in [0.15, 0.2) is 0 Å². The number of benzene rings is 1. The van der Waals surface area contributed by atoms with Gasteiger partial charge in [-0.05, 0) is 26.0 Å². The fraction of sp³-hybridized carbons (Fsp3) is 0.455. The molecular formula is C11H17NO2. The van der Waals surface area contributed by atoms with E-state index in [4.69, 9.17) is 9.84 Å². The number of aliphatic hydroxyl groups is 1. The minimum Gasteiger partial charge on any atom is -0.494 e. The van der Waals surface area contributed by atoms with Gasteiger partial charge in [0.1, 0.15) is 5.75 Å². The maximum atomic E-state index is 9.09. The van der Waals surface area contributed by atoms with Crippen molar-refractivity contribution in [2.24, 2.45) is 0 Å². The zero-order valence-corrected chi connectivity index (χ0v) is 8.66. The lowest BCUT2D eigenvalue weighted by Crippen LogP contribution is -2.15. The van der Waals surface area contributed by atoms with Crippen LogP contribution in [0.4, 0.5) is 5.69 Å². The van der Waals surface area contributed by atoms with E-state index in [0.717, 1.165) is 11.4 Å². The molecule has 0 aliphatic heterocycles. The smallest absolute Gasteiger partial charge is 0.121 e. The highest BCUT2D eigenvalue weighted by molar-refractivity contribution is 5.48. The standard InChI is InChI=1S/C11H17NO2/c1-3-14-11-6-4-5-10(7-11)12-8-9(2)13/h4-7,9,12-13H,3,8H2,1-2H3/t9-/m1/s1. The molecule has 0 fully saturated rings. The first kappa shape index (κ1) is 10.9. The summed E-state index contributed by atoms with van der Waals surface area (Å²) in [4.78, 5) is 0. The summed E-state index contributed by atoms with van der Waals surface area (Å²) in [5.41, 5.74) is 0.969. The van der Waals surface area contributed by atoms with Crippen LogP contribution in [0, 0.1) is 0 Å². The Balaban J connectivity index is 2.54. The molecule has 0 aliphatic carbocycles. The lowest BCUT2D eigenvalue weighted by atomic mass is 10.3. The second kappa shape index (κ2) is 5.50. The molecule has 0 aliphatic rings. The second-order valence-electron chi connectivity index (χ2n) is 3.19. The van der Waals surface area contributed by atoms with Crippen LogP contribution in [0.3, 0.4) is 0 Å². The van der Waals surface area contributed by atoms with Crippen molar-refractivity contribution in [2.45, 2.75) is 20.0 Å². The van der Waals surface area contributed by atoms with Crippen molar-refractivity contribution in [1.29, 1.82) is 0 Å². The van der Waals surface area contributed by atoms with Gasteiger partial charge in [0.25, 0.3) is 0 Å². The molecule has 0 aromatic heterocycles. The molecule has 14 heavy (non-hydrogen) atoms. The molecule has 2 N–H and O–H groups in total. The van der Waals surface area contributed by atoms with E-state index < -0.39 is 0 Å². The van der Waals surface area contributed by atoms with Gasteiger partial charge in [-0.25, -0.2) is 0 Å². The molecule has 1 aromatic rings. The largest absolute Gasteiger partial charge is 0.494 e. The van der Waals surface area contributed by atoms with E-state index in [0.29, 0.717) is 13.2 Å². The van der Waals surface area contributed by atoms with Crippen LogP contribution in [0.2, 0.25) is 0 Å². The Morgan fingerprint density at radius 3 is 2.93 bits per heavy atom. The van der Waals surface area contributed by atoms with Crippen molar-refractivity contribution in [1.82, 2.24) is 0 Å². The predicted octanol–water partition coefficient (Wildman–Crippen LogP) is 1.88. The van der Waals surface area contributed by atoms with Crippen molar-refractivity contribution in [3.05, 3.63) is 24.3 Å². The molecule has 0 saturated carbocycles. The molecular weight excluding hydrogens is 178 g/mol. The lowest BCUT2D eigenvalue weighted by Gasteiger charge is -2.09. The summed E-state index contributed by atoms with van der Waals surface area (Å²) in [6.07, 6.45) is -0.342. The van der Waals surface area contributed by atoms with Gasteiger partial charge >= 0.3 is 0 Å². The summed E-state index contributed by atoms with van der Waals surface area (Å²) in [5.74, 6) is 0.850. The van der Waals surface area contributed by atoms with Crippen LogP contribution in [0.5, 0.6) is 5.75 Å². The summed E-state index contributed by atoms with van der Waals surface area (Å²) >= 11 is 0. The highest BCUT2D eigenvalue weighted by Crippen LogP contribution is 2.16. The van der Waals surface area contributed by atoms with E-state index in [9.17, 15) is 0 Å². The molecule has 78 valence electrons. The molecule has 1 atom stereocenters. The van der Waals surface area contributed by atoms with Gasteiger partial charge in [0.2, 0.25) is 0 Å². The average Bonchev–Trinajstić information content (AvgIpc) is 2.16. The van der Waals surface area contributed by atoms with Crippen LogP contribution in [0.15, 0.2) is 24.3 Å². The van der Waals surface area contributed by atoms with Gasteiger partial charge in [-0.15, -0.1) is 0 Å². The lowest BCUT2D eigenvalue weighted by molar-refractivity contribution is 0.208. The minimum atomic E-state index is -0.342. The van der Waals surface area contributed by atoms with E-state index >= 15 is 0 Å². The summed E-state index contributed by atoms with van der Waals surface area (Å²) in [6.45, 7) is 4.92. The van der Waals surface area contributed by atoms with E-state index in [2.05, 4.69) is 5.32 Å². The first-order valence-corrected chi connectivity index (χ1v) is 4.87. The van der Waals surface area contributed by atoms with Crippen LogP contribution in [0.1, 0.15) is 13.8 Å². The molecule has 0 radical (unpaired) electrons. The quantitative estimate of drug-likeness (QED) is 0.753. The maximum Gasteiger partial charge on any atom is 0.121 e. The van der Waals surface area contributed by atoms with Gasteiger partial charge in [-0.2, -0.15) is 0 Å². The van der Waals surface area contributed by atoms with Crippen molar-refractivity contribution in [2.75, 3.05) is 18.5 Å². The molecule has 0 saturated heterocycles. The van der Waals surface area contributed by atoms with E-state index in [1.165, 1.54) is 0 Å². The normalized spacial score (nSPS) is 12.2. The maximum absolute atomic E-state index is 9.09. The number of aliphatic hydroxyl groups excluding tert-OH is 1. The highest BCUT2D eigenvalue weighted by Gasteiger charge is 1.97. The van der Waals surface area contributed by atoms with Gasteiger partial charge in [0, 0.05) is 18.3 Å². The topological polar surface area (TPSA) is 41.5 Å². The fourth-order valence-electron chi connectivity index (χ4n) is 1.13. The third-order valence-electron chi connectivity index (χ3n) is 1.75. The number of ether oxygens (including phenoxy) is 1. The predicted molar refractivity (Wildman–Crippen MR) is 57.8 cm³/mol. The molecule has 1 rings (SSSR count). The molecule has 0 unspecified atom stereocenters. The van der Waals surface area contributed by atoms with Crippen LogP contribution in [-0.2, 0) is 0 Å². The molecule has 3 nitrogen and oxygen atoms in total. The Morgan fingerprint density at radius 1 is 1.50 bits per heavy atom. The molecule has 0 amide bonds. The third kappa shape index (κ3) is 3.66. The number of hydrogen-bond acceptors (Lipinski definition) is 3. The van der Waals surface area contributed by atoms with Crippen molar-refractivity contribution >= 4 is 5.69 Å². The van der Waals surface area contributed by atoms with Crippen LogP contribution in [-0.4, -0.2) is 24.4 Å². The van der Waals surface area contributed by atoms with Gasteiger partial charge < -0.3 is 15.2 Å². The van der Waals surface area contributed by atoms with Gasteiger partial charge in [-0.1, -0.05) is 6.07 Å². The second-order valence-corrected chi connectivity index (χ2v) is 3.19. The summed E-state index contributed by atoms with van der Waals surface area (Å²) < 4.78 is 5.35. The van der Waals surface area contributed by atoms with Crippen LogP contribution in [0.25, 0.3) is 0 Å². The van der Waals surface area contributed by atoms with E-state index in [1.807, 2.05) is 31.2 Å². The Kier molecular flexibility index (Phi) is 4.26. The Morgan fingerprint density at radius 2 is 2.29 bits per heavy atom. The van der Waals surface area contributed by atoms with Crippen molar-refractivity contribution in [3.8, 4) is 5.75 Å². The molecule has 0 spiro atoms. The van der Waals surface area contributed by atoms with E-state index in [1.54, 1.807) is 6.92 Å². The zero-order chi connectivity index (χ0) is 10.4. The SMILES string of the molecule is CCOc1cccc(NC[C@@H](C)O)c1. The average molecular weight is 195 g/mol. The Bertz CT molecular complexity index is 274. The number of anilines is 1. The van der Waals surface area contributed by atoms with E-state index in [-0.39, 0.29) is 6.10 Å². The molecule has 1 aromatic carbocycles. The zero-order valence-electron chi connectivity index (χ0n) is 8.66. The molecule has 3 heteroatoms. The summed E-state index contributed by atoms with van der Waals surface area (Å²) in [5, 5.41) is 12.2. The fourth-order valence-corrected chi connectivity index (χ4v) is 1.13. The van der Waals surface area contributed by atoms with Crippen LogP contribution < -0.4 is 10.1 Å². The van der Waals surface area contributed by atoms with Crippen molar-refractivity contribution < 1.29 is 9.84 Å². The van der Waals surface area contributed by atoms with Gasteiger partial charge in [0.05, 0.1) is 12.7 Å². The number of rotatable bonds is 5. The van der Waals surface area contributed by atoms with Gasteiger partial charge in [-0.3, -0.25) is 0 Å². The summed E-state index contributed by atoms with van der Waals surface area (Å²) in [7, 11) is 0. The minimum absolute atomic E-state index is 0.342. The number of nitrogens with one attached hydrogen (secondary N) is 1. The Hall–Kier alpha value is -1.22.